The Balaban J connectivity index is 2.32. The van der Waals surface area contributed by atoms with E-state index in [1.165, 1.54) is 6.07 Å². The van der Waals surface area contributed by atoms with E-state index in [1.54, 1.807) is 25.1 Å². The van der Waals surface area contributed by atoms with Crippen molar-refractivity contribution in [1.29, 1.82) is 5.26 Å². The van der Waals surface area contributed by atoms with E-state index in [1.807, 2.05) is 6.07 Å². The Morgan fingerprint density at radius 2 is 1.78 bits per heavy atom. The zero-order valence-corrected chi connectivity index (χ0v) is 9.58. The molecule has 2 nitrogen and oxygen atoms in total. The van der Waals surface area contributed by atoms with Crippen molar-refractivity contribution in [1.82, 2.24) is 0 Å². The molecule has 0 saturated carbocycles. The van der Waals surface area contributed by atoms with E-state index in [4.69, 9.17) is 10.00 Å². The molecule has 0 heterocycles. The van der Waals surface area contributed by atoms with E-state index in [-0.39, 0.29) is 5.75 Å². The molecule has 0 aromatic heterocycles. The van der Waals surface area contributed by atoms with Gasteiger partial charge in [-0.15, -0.1) is 0 Å². The molecular formula is C14H9F2NO. The van der Waals surface area contributed by atoms with Crippen LogP contribution in [0.1, 0.15) is 11.1 Å². The minimum atomic E-state index is -0.765. The third kappa shape index (κ3) is 2.46. The van der Waals surface area contributed by atoms with Gasteiger partial charge >= 0.3 is 0 Å². The Morgan fingerprint density at radius 3 is 2.39 bits per heavy atom. The highest BCUT2D eigenvalue weighted by Crippen LogP contribution is 2.27. The van der Waals surface area contributed by atoms with Crippen LogP contribution in [0, 0.1) is 29.9 Å². The topological polar surface area (TPSA) is 33.0 Å². The van der Waals surface area contributed by atoms with Crippen LogP contribution in [0.4, 0.5) is 8.78 Å². The summed E-state index contributed by atoms with van der Waals surface area (Å²) in [6.45, 7) is 1.75. The highest BCUT2D eigenvalue weighted by atomic mass is 19.1. The maximum Gasteiger partial charge on any atom is 0.168 e. The first-order valence-electron chi connectivity index (χ1n) is 5.24. The molecule has 0 unspecified atom stereocenters. The number of aryl methyl sites for hydroxylation is 1. The number of rotatable bonds is 2. The maximum atomic E-state index is 13.4. The highest BCUT2D eigenvalue weighted by Gasteiger charge is 2.08. The number of hydrogen-bond acceptors (Lipinski definition) is 2. The first-order chi connectivity index (χ1) is 8.60. The molecule has 0 saturated heterocycles. The van der Waals surface area contributed by atoms with Gasteiger partial charge in [-0.25, -0.2) is 8.78 Å². The van der Waals surface area contributed by atoms with Gasteiger partial charge < -0.3 is 4.74 Å². The highest BCUT2D eigenvalue weighted by molar-refractivity contribution is 5.43. The van der Waals surface area contributed by atoms with Gasteiger partial charge in [0, 0.05) is 6.07 Å². The van der Waals surface area contributed by atoms with Crippen LogP contribution in [-0.2, 0) is 0 Å². The summed E-state index contributed by atoms with van der Waals surface area (Å²) in [5.41, 5.74) is 1.21. The van der Waals surface area contributed by atoms with Crippen molar-refractivity contribution in [2.45, 2.75) is 6.92 Å². The van der Waals surface area contributed by atoms with Gasteiger partial charge in [0.1, 0.15) is 11.6 Å². The fraction of sp³-hybridized carbons (Fsp3) is 0.0714. The number of hydrogen-bond donors (Lipinski definition) is 0. The lowest BCUT2D eigenvalue weighted by Crippen LogP contribution is -1.92. The number of nitrogens with zero attached hydrogens (tertiary/aromatic N) is 1. The molecule has 0 amide bonds. The fourth-order valence-corrected chi connectivity index (χ4v) is 1.51. The van der Waals surface area contributed by atoms with E-state index in [9.17, 15) is 8.78 Å². The maximum absolute atomic E-state index is 13.4. The molecule has 18 heavy (non-hydrogen) atoms. The van der Waals surface area contributed by atoms with Crippen LogP contribution in [0.25, 0.3) is 0 Å². The second-order valence-electron chi connectivity index (χ2n) is 3.77. The average molecular weight is 245 g/mol. The van der Waals surface area contributed by atoms with E-state index >= 15 is 0 Å². The van der Waals surface area contributed by atoms with Gasteiger partial charge in [-0.1, -0.05) is 0 Å². The molecule has 0 bridgehead atoms. The number of halogens is 2. The Hall–Kier alpha value is -2.41. The Labute approximate surface area is 103 Å². The van der Waals surface area contributed by atoms with Crippen molar-refractivity contribution in [3.63, 3.8) is 0 Å². The number of benzene rings is 2. The zero-order chi connectivity index (χ0) is 13.1. The van der Waals surface area contributed by atoms with Crippen LogP contribution in [0.5, 0.6) is 11.5 Å². The van der Waals surface area contributed by atoms with Crippen LogP contribution in [0.2, 0.25) is 0 Å². The van der Waals surface area contributed by atoms with E-state index in [0.29, 0.717) is 16.9 Å². The smallest absolute Gasteiger partial charge is 0.168 e. The molecule has 0 spiro atoms. The number of nitriles is 1. The monoisotopic (exact) mass is 245 g/mol. The standard InChI is InChI=1S/C14H9F2NO/c1-9-6-10(8-17)2-4-13(9)18-14-5-3-11(15)7-12(14)16/h2-7H,1H3. The summed E-state index contributed by atoms with van der Waals surface area (Å²) in [6, 6.07) is 9.89. The molecule has 90 valence electrons. The van der Waals surface area contributed by atoms with Gasteiger partial charge in [0.15, 0.2) is 11.6 Å². The minimum Gasteiger partial charge on any atom is -0.454 e. The average Bonchev–Trinajstić information content (AvgIpc) is 2.34. The van der Waals surface area contributed by atoms with Crippen LogP contribution in [0.3, 0.4) is 0 Å². The molecule has 0 radical (unpaired) electrons. The van der Waals surface area contributed by atoms with Gasteiger partial charge in [0.25, 0.3) is 0 Å². The van der Waals surface area contributed by atoms with Gasteiger partial charge in [-0.3, -0.25) is 0 Å². The summed E-state index contributed by atoms with van der Waals surface area (Å²) in [5, 5.41) is 8.72. The van der Waals surface area contributed by atoms with E-state index < -0.39 is 11.6 Å². The van der Waals surface area contributed by atoms with Crippen LogP contribution < -0.4 is 4.74 Å². The molecule has 0 aliphatic heterocycles. The summed E-state index contributed by atoms with van der Waals surface area (Å²) in [7, 11) is 0. The molecule has 0 fully saturated rings. The van der Waals surface area contributed by atoms with Crippen molar-refractivity contribution in [3.8, 4) is 17.6 Å². The first-order valence-corrected chi connectivity index (χ1v) is 5.24. The molecule has 2 aromatic carbocycles. The predicted octanol–water partition coefficient (Wildman–Crippen LogP) is 3.94. The summed E-state index contributed by atoms with van der Waals surface area (Å²) in [4.78, 5) is 0. The molecule has 0 N–H and O–H groups in total. The summed E-state index contributed by atoms with van der Waals surface area (Å²) >= 11 is 0. The van der Waals surface area contributed by atoms with Gasteiger partial charge in [0.05, 0.1) is 11.6 Å². The summed E-state index contributed by atoms with van der Waals surface area (Å²) in [5.74, 6) is -1.04. The quantitative estimate of drug-likeness (QED) is 0.802. The number of ether oxygens (including phenoxy) is 1. The lowest BCUT2D eigenvalue weighted by atomic mass is 10.1. The van der Waals surface area contributed by atoms with Crippen LogP contribution in [-0.4, -0.2) is 0 Å². The largest absolute Gasteiger partial charge is 0.454 e. The van der Waals surface area contributed by atoms with Crippen LogP contribution in [0.15, 0.2) is 36.4 Å². The molecular weight excluding hydrogens is 236 g/mol. The van der Waals surface area contributed by atoms with Gasteiger partial charge in [0.2, 0.25) is 0 Å². The molecule has 0 aliphatic rings. The zero-order valence-electron chi connectivity index (χ0n) is 9.58. The summed E-state index contributed by atoms with van der Waals surface area (Å²) in [6.07, 6.45) is 0. The molecule has 2 rings (SSSR count). The Morgan fingerprint density at radius 1 is 1.06 bits per heavy atom. The lowest BCUT2D eigenvalue weighted by Gasteiger charge is -2.09. The van der Waals surface area contributed by atoms with Crippen molar-refractivity contribution >= 4 is 0 Å². The fourth-order valence-electron chi connectivity index (χ4n) is 1.51. The van der Waals surface area contributed by atoms with Crippen molar-refractivity contribution in [3.05, 3.63) is 59.2 Å². The van der Waals surface area contributed by atoms with E-state index in [0.717, 1.165) is 12.1 Å². The van der Waals surface area contributed by atoms with Crippen LogP contribution >= 0.6 is 0 Å². The first kappa shape index (κ1) is 12.1. The SMILES string of the molecule is Cc1cc(C#N)ccc1Oc1ccc(F)cc1F. The second kappa shape index (κ2) is 4.84. The molecule has 4 heteroatoms. The molecule has 0 atom stereocenters. The molecule has 2 aromatic rings. The predicted molar refractivity (Wildman–Crippen MR) is 62.3 cm³/mol. The Bertz CT molecular complexity index is 632. The van der Waals surface area contributed by atoms with Gasteiger partial charge in [-0.05, 0) is 42.8 Å². The minimum absolute atomic E-state index is 0.0517. The normalized spacial score (nSPS) is 9.89. The van der Waals surface area contributed by atoms with E-state index in [2.05, 4.69) is 0 Å². The lowest BCUT2D eigenvalue weighted by molar-refractivity contribution is 0.435. The molecule has 0 aliphatic carbocycles. The summed E-state index contributed by atoms with van der Waals surface area (Å²) < 4.78 is 31.5. The van der Waals surface area contributed by atoms with Crippen molar-refractivity contribution in [2.75, 3.05) is 0 Å². The second-order valence-corrected chi connectivity index (χ2v) is 3.77. The Kier molecular flexibility index (Phi) is 3.24. The van der Waals surface area contributed by atoms with Crippen molar-refractivity contribution in [2.24, 2.45) is 0 Å². The third-order valence-electron chi connectivity index (χ3n) is 2.42. The van der Waals surface area contributed by atoms with Crippen molar-refractivity contribution < 1.29 is 13.5 Å². The third-order valence-corrected chi connectivity index (χ3v) is 2.42. The van der Waals surface area contributed by atoms with Gasteiger partial charge in [-0.2, -0.15) is 5.26 Å².